The number of halogens is 1. The Hall–Kier alpha value is -1.81. The van der Waals surface area contributed by atoms with Crippen molar-refractivity contribution in [2.75, 3.05) is 6.61 Å². The Balaban J connectivity index is 1.82. The van der Waals surface area contributed by atoms with Gasteiger partial charge in [-0.1, -0.05) is 90.2 Å². The number of benzene rings is 1. The SMILES string of the molecule is CCCCCCCCc1c(Cl)nc(-c2ccc(OCCCCCC(C)CC)cc2)[nH]c1=O. The monoisotopic (exact) mass is 460 g/mol. The van der Waals surface area contributed by atoms with Crippen molar-refractivity contribution in [3.05, 3.63) is 45.3 Å². The van der Waals surface area contributed by atoms with Gasteiger partial charge in [-0.3, -0.25) is 4.79 Å². The van der Waals surface area contributed by atoms with Crippen LogP contribution < -0.4 is 10.3 Å². The molecule has 0 radical (unpaired) electrons. The van der Waals surface area contributed by atoms with Crippen LogP contribution in [0.2, 0.25) is 5.15 Å². The van der Waals surface area contributed by atoms with Gasteiger partial charge in [0.2, 0.25) is 0 Å². The van der Waals surface area contributed by atoms with Gasteiger partial charge >= 0.3 is 0 Å². The summed E-state index contributed by atoms with van der Waals surface area (Å²) in [7, 11) is 0. The lowest BCUT2D eigenvalue weighted by molar-refractivity contribution is 0.302. The van der Waals surface area contributed by atoms with Gasteiger partial charge in [0, 0.05) is 5.56 Å². The highest BCUT2D eigenvalue weighted by molar-refractivity contribution is 6.30. The van der Waals surface area contributed by atoms with E-state index in [9.17, 15) is 4.79 Å². The summed E-state index contributed by atoms with van der Waals surface area (Å²) in [4.78, 5) is 19.9. The zero-order valence-corrected chi connectivity index (χ0v) is 21.0. The predicted octanol–water partition coefficient (Wildman–Crippen LogP) is 7.98. The number of ether oxygens (including phenoxy) is 1. The summed E-state index contributed by atoms with van der Waals surface area (Å²) in [6.07, 6.45) is 13.9. The maximum absolute atomic E-state index is 12.6. The number of hydrogen-bond acceptors (Lipinski definition) is 3. The molecule has 0 fully saturated rings. The van der Waals surface area contributed by atoms with Gasteiger partial charge in [-0.15, -0.1) is 0 Å². The first-order valence-electron chi connectivity index (χ1n) is 12.6. The van der Waals surface area contributed by atoms with Crippen molar-refractivity contribution in [3.8, 4) is 17.1 Å². The van der Waals surface area contributed by atoms with Crippen LogP contribution in [0, 0.1) is 5.92 Å². The zero-order valence-electron chi connectivity index (χ0n) is 20.2. The number of nitrogens with zero attached hydrogens (tertiary/aromatic N) is 1. The van der Waals surface area contributed by atoms with Gasteiger partial charge in [0.25, 0.3) is 5.56 Å². The molecule has 32 heavy (non-hydrogen) atoms. The van der Waals surface area contributed by atoms with Crippen molar-refractivity contribution in [2.24, 2.45) is 5.92 Å². The van der Waals surface area contributed by atoms with Crippen LogP contribution >= 0.6 is 11.6 Å². The number of hydrogen-bond donors (Lipinski definition) is 1. The molecule has 0 bridgehead atoms. The molecule has 0 saturated heterocycles. The van der Waals surface area contributed by atoms with Crippen LogP contribution in [0.25, 0.3) is 11.4 Å². The highest BCUT2D eigenvalue weighted by Crippen LogP contribution is 2.22. The van der Waals surface area contributed by atoms with E-state index in [0.717, 1.165) is 43.1 Å². The van der Waals surface area contributed by atoms with Crippen LogP contribution in [0.4, 0.5) is 0 Å². The molecule has 1 N–H and O–H groups in total. The Kier molecular flexibility index (Phi) is 12.5. The third-order valence-electron chi connectivity index (χ3n) is 6.18. The van der Waals surface area contributed by atoms with Gasteiger partial charge in [-0.2, -0.15) is 0 Å². The van der Waals surface area contributed by atoms with Crippen LogP contribution in [-0.4, -0.2) is 16.6 Å². The maximum atomic E-state index is 12.6. The van der Waals surface area contributed by atoms with Crippen molar-refractivity contribution < 1.29 is 4.74 Å². The van der Waals surface area contributed by atoms with Gasteiger partial charge in [-0.25, -0.2) is 4.98 Å². The minimum absolute atomic E-state index is 0.133. The second-order valence-corrected chi connectivity index (χ2v) is 9.30. The molecule has 1 aromatic heterocycles. The summed E-state index contributed by atoms with van der Waals surface area (Å²) in [5, 5.41) is 0.315. The molecule has 0 aliphatic rings. The second-order valence-electron chi connectivity index (χ2n) is 8.94. The zero-order chi connectivity index (χ0) is 23.2. The second kappa shape index (κ2) is 15.1. The number of unbranched alkanes of at least 4 members (excludes halogenated alkanes) is 7. The molecule has 1 heterocycles. The minimum atomic E-state index is -0.133. The molecule has 0 spiro atoms. The molecular weight excluding hydrogens is 420 g/mol. The first-order chi connectivity index (χ1) is 15.5. The number of nitrogens with one attached hydrogen (secondary N) is 1. The molecule has 0 aliphatic carbocycles. The fourth-order valence-electron chi connectivity index (χ4n) is 3.78. The van der Waals surface area contributed by atoms with E-state index in [-0.39, 0.29) is 5.56 Å². The normalized spacial score (nSPS) is 12.1. The summed E-state index contributed by atoms with van der Waals surface area (Å²) < 4.78 is 5.86. The Morgan fingerprint density at radius 3 is 2.34 bits per heavy atom. The Morgan fingerprint density at radius 1 is 0.969 bits per heavy atom. The van der Waals surface area contributed by atoms with E-state index in [2.05, 4.69) is 30.7 Å². The summed E-state index contributed by atoms with van der Waals surface area (Å²) in [6, 6.07) is 7.68. The summed E-state index contributed by atoms with van der Waals surface area (Å²) in [6.45, 7) is 7.51. The first-order valence-corrected chi connectivity index (χ1v) is 12.9. The van der Waals surface area contributed by atoms with Crippen LogP contribution in [0.5, 0.6) is 5.75 Å². The van der Waals surface area contributed by atoms with Gasteiger partial charge in [0.15, 0.2) is 0 Å². The highest BCUT2D eigenvalue weighted by atomic mass is 35.5. The fourth-order valence-corrected chi connectivity index (χ4v) is 4.05. The Labute approximate surface area is 199 Å². The van der Waals surface area contributed by atoms with Gasteiger partial charge < -0.3 is 9.72 Å². The topological polar surface area (TPSA) is 55.0 Å². The molecule has 178 valence electrons. The lowest BCUT2D eigenvalue weighted by Crippen LogP contribution is -2.16. The van der Waals surface area contributed by atoms with E-state index in [1.807, 2.05) is 24.3 Å². The van der Waals surface area contributed by atoms with Crippen molar-refractivity contribution in [1.82, 2.24) is 9.97 Å². The highest BCUT2D eigenvalue weighted by Gasteiger charge is 2.11. The smallest absolute Gasteiger partial charge is 0.255 e. The molecule has 1 unspecified atom stereocenters. The standard InChI is InChI=1S/C27H41ClN2O2/c1-4-6-7-8-9-12-15-24-25(28)29-26(30-27(24)31)22-16-18-23(19-17-22)32-20-13-10-11-14-21(3)5-2/h16-19,21H,4-15,20H2,1-3H3,(H,29,30,31). The molecule has 1 aromatic carbocycles. The van der Waals surface area contributed by atoms with Crippen molar-refractivity contribution in [3.63, 3.8) is 0 Å². The Bertz CT molecular complexity index is 833. The number of rotatable bonds is 16. The van der Waals surface area contributed by atoms with Crippen molar-refractivity contribution in [2.45, 2.75) is 97.8 Å². The summed E-state index contributed by atoms with van der Waals surface area (Å²) in [5.41, 5.74) is 1.29. The van der Waals surface area contributed by atoms with Crippen LogP contribution in [0.15, 0.2) is 29.1 Å². The molecule has 0 amide bonds. The fraction of sp³-hybridized carbons (Fsp3) is 0.630. The molecule has 2 aromatic rings. The van der Waals surface area contributed by atoms with Crippen LogP contribution in [-0.2, 0) is 6.42 Å². The van der Waals surface area contributed by atoms with Gasteiger partial charge in [0.05, 0.1) is 12.2 Å². The van der Waals surface area contributed by atoms with E-state index in [1.54, 1.807) is 0 Å². The molecule has 0 saturated carbocycles. The third-order valence-corrected chi connectivity index (χ3v) is 6.49. The first kappa shape index (κ1) is 26.4. The average Bonchev–Trinajstić information content (AvgIpc) is 2.80. The van der Waals surface area contributed by atoms with Gasteiger partial charge in [0.1, 0.15) is 16.7 Å². The van der Waals surface area contributed by atoms with E-state index < -0.39 is 0 Å². The quantitative estimate of drug-likeness (QED) is 0.204. The van der Waals surface area contributed by atoms with Crippen LogP contribution in [0.1, 0.15) is 97.0 Å². The number of H-pyrrole nitrogens is 1. The minimum Gasteiger partial charge on any atom is -0.494 e. The van der Waals surface area contributed by atoms with E-state index in [0.29, 0.717) is 23.0 Å². The number of aromatic amines is 1. The lowest BCUT2D eigenvalue weighted by Gasteiger charge is -2.09. The molecule has 0 aliphatic heterocycles. The maximum Gasteiger partial charge on any atom is 0.255 e. The third kappa shape index (κ3) is 9.36. The van der Waals surface area contributed by atoms with Crippen molar-refractivity contribution >= 4 is 11.6 Å². The summed E-state index contributed by atoms with van der Waals surface area (Å²) >= 11 is 6.36. The predicted molar refractivity (Wildman–Crippen MR) is 136 cm³/mol. The van der Waals surface area contributed by atoms with Gasteiger partial charge in [-0.05, 0) is 49.4 Å². The molecule has 1 atom stereocenters. The Morgan fingerprint density at radius 2 is 1.66 bits per heavy atom. The van der Waals surface area contributed by atoms with E-state index >= 15 is 0 Å². The number of aromatic nitrogens is 2. The molecule has 2 rings (SSSR count). The largest absolute Gasteiger partial charge is 0.494 e. The van der Waals surface area contributed by atoms with Crippen LogP contribution in [0.3, 0.4) is 0 Å². The molecular formula is C27H41ClN2O2. The summed E-state index contributed by atoms with van der Waals surface area (Å²) in [5.74, 6) is 2.16. The van der Waals surface area contributed by atoms with Crippen molar-refractivity contribution in [1.29, 1.82) is 0 Å². The van der Waals surface area contributed by atoms with E-state index in [1.165, 1.54) is 51.4 Å². The average molecular weight is 461 g/mol. The molecule has 4 nitrogen and oxygen atoms in total. The lowest BCUT2D eigenvalue weighted by atomic mass is 10.0. The van der Waals surface area contributed by atoms with E-state index in [4.69, 9.17) is 16.3 Å². The molecule has 5 heteroatoms.